The summed E-state index contributed by atoms with van der Waals surface area (Å²) < 4.78 is 43.7. The highest BCUT2D eigenvalue weighted by Crippen LogP contribution is 2.45. The molecule has 1 fully saturated rings. The van der Waals surface area contributed by atoms with Crippen molar-refractivity contribution in [2.24, 2.45) is 5.73 Å². The Hall–Kier alpha value is -0.940. The fourth-order valence-electron chi connectivity index (χ4n) is 2.61. The molecule has 0 unspecified atom stereocenters. The lowest BCUT2D eigenvalue weighted by Gasteiger charge is -2.27. The van der Waals surface area contributed by atoms with Crippen molar-refractivity contribution in [3.8, 4) is 5.75 Å². The number of hydrogen-bond donors (Lipinski definition) is 1. The van der Waals surface area contributed by atoms with Gasteiger partial charge < -0.3 is 10.5 Å². The van der Waals surface area contributed by atoms with Gasteiger partial charge in [0.05, 0.1) is 17.7 Å². The number of rotatable bonds is 2. The monoisotopic (exact) mass is 293 g/mol. The van der Waals surface area contributed by atoms with Crippen molar-refractivity contribution in [1.82, 2.24) is 0 Å². The lowest BCUT2D eigenvalue weighted by atomic mass is 9.87. The van der Waals surface area contributed by atoms with Gasteiger partial charge in [-0.15, -0.1) is 0 Å². The molecule has 2 rings (SSSR count). The normalized spacial score (nSPS) is 18.6. The van der Waals surface area contributed by atoms with E-state index in [0.29, 0.717) is 18.4 Å². The van der Waals surface area contributed by atoms with E-state index in [0.717, 1.165) is 25.0 Å². The Balaban J connectivity index is 2.60. The first-order valence-corrected chi connectivity index (χ1v) is 6.40. The molecule has 0 radical (unpaired) electrons. The molecule has 1 aliphatic carbocycles. The zero-order valence-corrected chi connectivity index (χ0v) is 11.2. The molecule has 0 atom stereocenters. The Morgan fingerprint density at radius 1 is 1.26 bits per heavy atom. The quantitative estimate of drug-likeness (QED) is 0.891. The van der Waals surface area contributed by atoms with Crippen LogP contribution in [0.3, 0.4) is 0 Å². The molecule has 1 aromatic carbocycles. The zero-order chi connectivity index (χ0) is 14.3. The molecule has 0 heterocycles. The largest absolute Gasteiger partial charge is 0.495 e. The summed E-state index contributed by atoms with van der Waals surface area (Å²) in [6.45, 7) is 0. The summed E-state index contributed by atoms with van der Waals surface area (Å²) >= 11 is 5.90. The van der Waals surface area contributed by atoms with E-state index in [-0.39, 0.29) is 10.8 Å². The maximum Gasteiger partial charge on any atom is 0.416 e. The predicted molar refractivity (Wildman–Crippen MR) is 67.3 cm³/mol. The topological polar surface area (TPSA) is 35.2 Å². The molecule has 1 aromatic rings. The van der Waals surface area contributed by atoms with Crippen LogP contribution in [0.5, 0.6) is 5.75 Å². The third kappa shape index (κ3) is 2.67. The number of methoxy groups -OCH3 is 1. The summed E-state index contributed by atoms with van der Waals surface area (Å²) in [5, 5.41) is -0.0518. The van der Waals surface area contributed by atoms with Crippen molar-refractivity contribution in [2.45, 2.75) is 37.4 Å². The Morgan fingerprint density at radius 3 is 2.32 bits per heavy atom. The first-order valence-electron chi connectivity index (χ1n) is 6.02. The van der Waals surface area contributed by atoms with E-state index in [1.807, 2.05) is 0 Å². The molecular formula is C13H15ClF3NO. The van der Waals surface area contributed by atoms with Gasteiger partial charge in [0.2, 0.25) is 0 Å². The van der Waals surface area contributed by atoms with E-state index < -0.39 is 17.3 Å². The summed E-state index contributed by atoms with van der Waals surface area (Å²) in [6, 6.07) is 1.94. The Bertz CT molecular complexity index is 482. The van der Waals surface area contributed by atoms with Gasteiger partial charge in [0.15, 0.2) is 0 Å². The van der Waals surface area contributed by atoms with Crippen molar-refractivity contribution in [3.63, 3.8) is 0 Å². The van der Waals surface area contributed by atoms with Gasteiger partial charge in [-0.2, -0.15) is 13.2 Å². The van der Waals surface area contributed by atoms with E-state index in [1.165, 1.54) is 7.11 Å². The van der Waals surface area contributed by atoms with Crippen LogP contribution in [0.2, 0.25) is 5.02 Å². The molecule has 1 saturated carbocycles. The van der Waals surface area contributed by atoms with Crippen LogP contribution in [0, 0.1) is 0 Å². The van der Waals surface area contributed by atoms with Gasteiger partial charge in [-0.1, -0.05) is 24.4 Å². The number of hydrogen-bond acceptors (Lipinski definition) is 2. The molecule has 2 N–H and O–H groups in total. The van der Waals surface area contributed by atoms with Gasteiger partial charge >= 0.3 is 6.18 Å². The third-order valence-corrected chi connectivity index (χ3v) is 3.89. The molecule has 6 heteroatoms. The number of halogens is 4. The second-order valence-electron chi connectivity index (χ2n) is 4.90. The smallest absolute Gasteiger partial charge is 0.416 e. The molecule has 0 aliphatic heterocycles. The van der Waals surface area contributed by atoms with Crippen LogP contribution in [0.15, 0.2) is 12.1 Å². The molecule has 0 aromatic heterocycles. The fourth-order valence-corrected chi connectivity index (χ4v) is 2.91. The molecule has 0 bridgehead atoms. The first kappa shape index (κ1) is 14.5. The molecule has 0 spiro atoms. The van der Waals surface area contributed by atoms with Crippen LogP contribution in [0.25, 0.3) is 0 Å². The highest BCUT2D eigenvalue weighted by atomic mass is 35.5. The Morgan fingerprint density at radius 2 is 1.84 bits per heavy atom. The van der Waals surface area contributed by atoms with Crippen molar-refractivity contribution in [2.75, 3.05) is 7.11 Å². The lowest BCUT2D eigenvalue weighted by Crippen LogP contribution is -2.34. The highest BCUT2D eigenvalue weighted by Gasteiger charge is 2.38. The van der Waals surface area contributed by atoms with Gasteiger partial charge in [0.1, 0.15) is 5.75 Å². The highest BCUT2D eigenvalue weighted by molar-refractivity contribution is 6.32. The molecule has 0 amide bonds. The zero-order valence-electron chi connectivity index (χ0n) is 10.5. The molecule has 106 valence electrons. The molecule has 2 nitrogen and oxygen atoms in total. The maximum atomic E-state index is 12.9. The molecule has 0 saturated heterocycles. The second-order valence-corrected chi connectivity index (χ2v) is 5.31. The summed E-state index contributed by atoms with van der Waals surface area (Å²) in [5.41, 5.74) is 5.02. The average Bonchev–Trinajstić information content (AvgIpc) is 2.75. The minimum absolute atomic E-state index is 0.0518. The SMILES string of the molecule is COc1c(Cl)cc(C(F)(F)F)cc1C1(N)CCCC1. The number of ether oxygens (including phenoxy) is 1. The molecule has 1 aliphatic rings. The number of benzene rings is 1. The predicted octanol–water partition coefficient (Wildman–Crippen LogP) is 4.10. The first-order chi connectivity index (χ1) is 8.78. The Labute approximate surface area is 114 Å². The van der Waals surface area contributed by atoms with Gasteiger partial charge in [-0.05, 0) is 25.0 Å². The second kappa shape index (κ2) is 4.87. The number of alkyl halides is 3. The van der Waals surface area contributed by atoms with E-state index in [1.54, 1.807) is 0 Å². The van der Waals surface area contributed by atoms with Gasteiger partial charge in [-0.25, -0.2) is 0 Å². The minimum Gasteiger partial charge on any atom is -0.495 e. The minimum atomic E-state index is -4.44. The van der Waals surface area contributed by atoms with E-state index in [9.17, 15) is 13.2 Å². The van der Waals surface area contributed by atoms with Crippen LogP contribution in [-0.2, 0) is 11.7 Å². The van der Waals surface area contributed by atoms with Crippen molar-refractivity contribution in [1.29, 1.82) is 0 Å². The van der Waals surface area contributed by atoms with Gasteiger partial charge in [0.25, 0.3) is 0 Å². The summed E-state index contributed by atoms with van der Waals surface area (Å²) in [5.74, 6) is 0.249. The summed E-state index contributed by atoms with van der Waals surface area (Å²) in [6.07, 6.45) is -1.37. The summed E-state index contributed by atoms with van der Waals surface area (Å²) in [4.78, 5) is 0. The van der Waals surface area contributed by atoms with Crippen LogP contribution in [0.1, 0.15) is 36.8 Å². The van der Waals surface area contributed by atoms with Crippen LogP contribution in [0.4, 0.5) is 13.2 Å². The van der Waals surface area contributed by atoms with Crippen molar-refractivity contribution in [3.05, 3.63) is 28.3 Å². The van der Waals surface area contributed by atoms with Crippen molar-refractivity contribution < 1.29 is 17.9 Å². The van der Waals surface area contributed by atoms with Crippen LogP contribution >= 0.6 is 11.6 Å². The van der Waals surface area contributed by atoms with Crippen LogP contribution in [-0.4, -0.2) is 7.11 Å². The number of nitrogens with two attached hydrogens (primary N) is 1. The van der Waals surface area contributed by atoms with E-state index >= 15 is 0 Å². The van der Waals surface area contributed by atoms with Gasteiger partial charge in [-0.3, -0.25) is 0 Å². The average molecular weight is 294 g/mol. The van der Waals surface area contributed by atoms with E-state index in [2.05, 4.69) is 0 Å². The van der Waals surface area contributed by atoms with Crippen molar-refractivity contribution >= 4 is 11.6 Å². The molecule has 19 heavy (non-hydrogen) atoms. The third-order valence-electron chi connectivity index (χ3n) is 3.61. The lowest BCUT2D eigenvalue weighted by molar-refractivity contribution is -0.137. The fraction of sp³-hybridized carbons (Fsp3) is 0.538. The van der Waals surface area contributed by atoms with E-state index in [4.69, 9.17) is 22.1 Å². The van der Waals surface area contributed by atoms with Gasteiger partial charge in [0, 0.05) is 11.1 Å². The standard InChI is InChI=1S/C13H15ClF3NO/c1-19-11-9(12(18)4-2-3-5-12)6-8(7-10(11)14)13(15,16)17/h6-7H,2-5,18H2,1H3. The molecular weight excluding hydrogens is 279 g/mol. The van der Waals surface area contributed by atoms with Crippen LogP contribution < -0.4 is 10.5 Å². The summed E-state index contributed by atoms with van der Waals surface area (Å²) in [7, 11) is 1.39. The maximum absolute atomic E-state index is 12.9. The Kier molecular flexibility index (Phi) is 3.71.